The van der Waals surface area contributed by atoms with E-state index in [2.05, 4.69) is 10.2 Å². The number of carbonyl (C=O) groups excluding carboxylic acids is 1. The summed E-state index contributed by atoms with van der Waals surface area (Å²) in [6.07, 6.45) is 3.22. The lowest BCUT2D eigenvalue weighted by Crippen LogP contribution is -2.20. The summed E-state index contributed by atoms with van der Waals surface area (Å²) in [6.45, 7) is 1.96. The normalized spacial score (nSPS) is 11.1. The second kappa shape index (κ2) is 7.40. The van der Waals surface area contributed by atoms with E-state index in [-0.39, 0.29) is 28.6 Å². The molecule has 0 unspecified atom stereocenters. The van der Waals surface area contributed by atoms with Crippen LogP contribution in [0.3, 0.4) is 0 Å². The van der Waals surface area contributed by atoms with Gasteiger partial charge in [-0.3, -0.25) is 18.6 Å². The fraction of sp³-hybridized carbons (Fsp3) is 0.100. The topological polar surface area (TPSA) is 69.3 Å². The number of aromatic nitrogens is 4. The van der Waals surface area contributed by atoms with E-state index in [1.54, 1.807) is 28.9 Å². The molecule has 0 aliphatic carbocycles. The van der Waals surface area contributed by atoms with E-state index in [9.17, 15) is 14.0 Å². The van der Waals surface area contributed by atoms with Crippen molar-refractivity contribution in [1.82, 2.24) is 19.2 Å². The summed E-state index contributed by atoms with van der Waals surface area (Å²) in [6, 6.07) is 13.0. The SMILES string of the molecule is Cc1ccc(C(=O)CSc2nnc3c(=O)n(-c4ccc(F)cc4)ccn23)cc1. The van der Waals surface area contributed by atoms with E-state index in [4.69, 9.17) is 0 Å². The van der Waals surface area contributed by atoms with Crippen LogP contribution in [0.1, 0.15) is 15.9 Å². The van der Waals surface area contributed by atoms with E-state index < -0.39 is 0 Å². The summed E-state index contributed by atoms with van der Waals surface area (Å²) < 4.78 is 16.0. The van der Waals surface area contributed by atoms with Gasteiger partial charge in [-0.1, -0.05) is 41.6 Å². The molecule has 0 fully saturated rings. The van der Waals surface area contributed by atoms with Gasteiger partial charge in [0.25, 0.3) is 0 Å². The number of rotatable bonds is 5. The number of ketones is 1. The van der Waals surface area contributed by atoms with Crippen molar-refractivity contribution >= 4 is 23.2 Å². The van der Waals surface area contributed by atoms with E-state index >= 15 is 0 Å². The van der Waals surface area contributed by atoms with Gasteiger partial charge in [-0.25, -0.2) is 4.39 Å². The number of thioether (sulfide) groups is 1. The molecule has 8 heteroatoms. The maximum atomic E-state index is 13.1. The second-order valence-corrected chi connectivity index (χ2v) is 7.15. The summed E-state index contributed by atoms with van der Waals surface area (Å²) in [5.74, 6) is -0.219. The average Bonchev–Trinajstić information content (AvgIpc) is 3.12. The molecule has 0 amide bonds. The molecular formula is C20H15FN4O2S. The Morgan fingerprint density at radius 1 is 1.04 bits per heavy atom. The number of aryl methyl sites for hydroxylation is 1. The Kier molecular flexibility index (Phi) is 4.79. The van der Waals surface area contributed by atoms with Crippen molar-refractivity contribution in [2.45, 2.75) is 12.1 Å². The third-order valence-electron chi connectivity index (χ3n) is 4.25. The van der Waals surface area contributed by atoms with Crippen molar-refractivity contribution in [3.8, 4) is 5.69 Å². The Morgan fingerprint density at radius 2 is 1.75 bits per heavy atom. The van der Waals surface area contributed by atoms with Crippen LogP contribution in [0.2, 0.25) is 0 Å². The molecule has 0 aliphatic rings. The molecule has 0 saturated heterocycles. The second-order valence-electron chi connectivity index (χ2n) is 6.20. The minimum Gasteiger partial charge on any atom is -0.293 e. The summed E-state index contributed by atoms with van der Waals surface area (Å²) in [7, 11) is 0. The molecule has 0 radical (unpaired) electrons. The molecule has 140 valence electrons. The van der Waals surface area contributed by atoms with Crippen LogP contribution in [-0.4, -0.2) is 30.7 Å². The van der Waals surface area contributed by atoms with Gasteiger partial charge in [-0.15, -0.1) is 10.2 Å². The number of hydrogen-bond donors (Lipinski definition) is 0. The predicted molar refractivity (Wildman–Crippen MR) is 105 cm³/mol. The first-order valence-electron chi connectivity index (χ1n) is 8.48. The first-order chi connectivity index (χ1) is 13.5. The van der Waals surface area contributed by atoms with Crippen LogP contribution in [0.15, 0.2) is 70.9 Å². The first-order valence-corrected chi connectivity index (χ1v) is 9.46. The lowest BCUT2D eigenvalue weighted by Gasteiger charge is -2.06. The Morgan fingerprint density at radius 3 is 2.46 bits per heavy atom. The number of hydrogen-bond acceptors (Lipinski definition) is 5. The number of nitrogens with zero attached hydrogens (tertiary/aromatic N) is 4. The summed E-state index contributed by atoms with van der Waals surface area (Å²) >= 11 is 1.22. The van der Waals surface area contributed by atoms with Gasteiger partial charge >= 0.3 is 5.56 Å². The minimum absolute atomic E-state index is 0.0265. The largest absolute Gasteiger partial charge is 0.300 e. The highest BCUT2D eigenvalue weighted by atomic mass is 32.2. The molecular weight excluding hydrogens is 379 g/mol. The zero-order valence-electron chi connectivity index (χ0n) is 14.9. The third-order valence-corrected chi connectivity index (χ3v) is 5.19. The molecule has 0 atom stereocenters. The van der Waals surface area contributed by atoms with Crippen LogP contribution in [0, 0.1) is 12.7 Å². The molecule has 6 nitrogen and oxygen atoms in total. The van der Waals surface area contributed by atoms with Gasteiger partial charge in [0.2, 0.25) is 5.65 Å². The monoisotopic (exact) mass is 394 g/mol. The van der Waals surface area contributed by atoms with E-state index in [0.717, 1.165) is 5.56 Å². The highest BCUT2D eigenvalue weighted by Crippen LogP contribution is 2.18. The van der Waals surface area contributed by atoms with E-state index in [0.29, 0.717) is 16.4 Å². The van der Waals surface area contributed by atoms with Gasteiger partial charge in [0.15, 0.2) is 10.9 Å². The quantitative estimate of drug-likeness (QED) is 0.384. The van der Waals surface area contributed by atoms with E-state index in [1.807, 2.05) is 19.1 Å². The fourth-order valence-electron chi connectivity index (χ4n) is 2.72. The zero-order valence-corrected chi connectivity index (χ0v) is 15.7. The molecule has 0 aliphatic heterocycles. The smallest absolute Gasteiger partial charge is 0.293 e. The Bertz CT molecular complexity index is 1210. The number of Topliss-reactive ketones (excluding diaryl/α,β-unsaturated/α-hetero) is 1. The average molecular weight is 394 g/mol. The van der Waals surface area contributed by atoms with Crippen LogP contribution in [0.5, 0.6) is 0 Å². The zero-order chi connectivity index (χ0) is 19.7. The number of fused-ring (bicyclic) bond motifs is 1. The molecule has 4 aromatic rings. The molecule has 0 spiro atoms. The van der Waals surface area contributed by atoms with Gasteiger partial charge < -0.3 is 0 Å². The molecule has 2 aromatic carbocycles. The Labute approximate surface area is 163 Å². The lowest BCUT2D eigenvalue weighted by atomic mass is 10.1. The molecule has 28 heavy (non-hydrogen) atoms. The van der Waals surface area contributed by atoms with Gasteiger partial charge in [0, 0.05) is 23.6 Å². The Hall–Kier alpha value is -3.26. The minimum atomic E-state index is -0.378. The number of carbonyl (C=O) groups is 1. The van der Waals surface area contributed by atoms with Crippen molar-refractivity contribution in [2.24, 2.45) is 0 Å². The van der Waals surface area contributed by atoms with Gasteiger partial charge in [0.05, 0.1) is 5.75 Å². The highest BCUT2D eigenvalue weighted by molar-refractivity contribution is 7.99. The number of halogens is 1. The Balaban J connectivity index is 1.58. The van der Waals surface area contributed by atoms with Gasteiger partial charge in [-0.2, -0.15) is 0 Å². The molecule has 0 N–H and O–H groups in total. The van der Waals surface area contributed by atoms with Gasteiger partial charge in [-0.05, 0) is 31.2 Å². The lowest BCUT2D eigenvalue weighted by molar-refractivity contribution is 0.102. The summed E-state index contributed by atoms with van der Waals surface area (Å²) in [5.41, 5.74) is 2.01. The van der Waals surface area contributed by atoms with Crippen LogP contribution in [0.25, 0.3) is 11.3 Å². The van der Waals surface area contributed by atoms with Crippen molar-refractivity contribution in [2.75, 3.05) is 5.75 Å². The van der Waals surface area contributed by atoms with Crippen molar-refractivity contribution in [1.29, 1.82) is 0 Å². The van der Waals surface area contributed by atoms with Crippen LogP contribution in [-0.2, 0) is 0 Å². The summed E-state index contributed by atoms with van der Waals surface area (Å²) in [4.78, 5) is 25.0. The first kappa shape index (κ1) is 18.1. The fourth-order valence-corrected chi connectivity index (χ4v) is 3.53. The summed E-state index contributed by atoms with van der Waals surface area (Å²) in [5, 5.41) is 8.45. The molecule has 4 rings (SSSR count). The molecule has 0 saturated carbocycles. The van der Waals surface area contributed by atoms with Crippen LogP contribution < -0.4 is 5.56 Å². The predicted octanol–water partition coefficient (Wildman–Crippen LogP) is 3.30. The van der Waals surface area contributed by atoms with Crippen LogP contribution >= 0.6 is 11.8 Å². The van der Waals surface area contributed by atoms with Gasteiger partial charge in [0.1, 0.15) is 5.82 Å². The van der Waals surface area contributed by atoms with Crippen LogP contribution in [0.4, 0.5) is 4.39 Å². The molecule has 2 aromatic heterocycles. The van der Waals surface area contributed by atoms with E-state index in [1.165, 1.54) is 40.6 Å². The number of benzene rings is 2. The molecule has 0 bridgehead atoms. The maximum Gasteiger partial charge on any atom is 0.300 e. The van der Waals surface area contributed by atoms with Crippen molar-refractivity contribution in [3.63, 3.8) is 0 Å². The third kappa shape index (κ3) is 3.46. The van der Waals surface area contributed by atoms with Crippen molar-refractivity contribution in [3.05, 3.63) is 88.2 Å². The van der Waals surface area contributed by atoms with Crippen molar-refractivity contribution < 1.29 is 9.18 Å². The standard InChI is InChI=1S/C20H15FN4O2S/c1-13-2-4-14(5-3-13)17(26)12-28-20-23-22-18-19(27)24(10-11-25(18)20)16-8-6-15(21)7-9-16/h2-11H,12H2,1H3. The maximum absolute atomic E-state index is 13.1. The highest BCUT2D eigenvalue weighted by Gasteiger charge is 2.14. The molecule has 2 heterocycles.